The third kappa shape index (κ3) is 3.21. The fourth-order valence-electron chi connectivity index (χ4n) is 4.73. The molecule has 0 radical (unpaired) electrons. The first kappa shape index (κ1) is 18.3. The summed E-state index contributed by atoms with van der Waals surface area (Å²) in [6.45, 7) is 5.56. The molecule has 1 fully saturated rings. The fraction of sp³-hybridized carbons (Fsp3) is 0.435. The lowest BCUT2D eigenvalue weighted by Crippen LogP contribution is -2.33. The Kier molecular flexibility index (Phi) is 4.16. The van der Waals surface area contributed by atoms with Gasteiger partial charge in [-0.3, -0.25) is 4.98 Å². The molecule has 3 aromatic heterocycles. The molecule has 156 valence electrons. The van der Waals surface area contributed by atoms with Crippen molar-refractivity contribution in [3.05, 3.63) is 52.6 Å². The van der Waals surface area contributed by atoms with E-state index in [9.17, 15) is 0 Å². The molecule has 0 spiro atoms. The third-order valence-corrected chi connectivity index (χ3v) is 6.51. The van der Waals surface area contributed by atoms with Crippen LogP contribution in [0.5, 0.6) is 0 Å². The smallest absolute Gasteiger partial charge is 0.163 e. The second-order valence-corrected chi connectivity index (χ2v) is 8.75. The molecule has 0 unspecified atom stereocenters. The molecule has 5 heterocycles. The van der Waals surface area contributed by atoms with Gasteiger partial charge in [-0.1, -0.05) is 0 Å². The number of pyridine rings is 1. The molecule has 0 N–H and O–H groups in total. The number of rotatable bonds is 3. The van der Waals surface area contributed by atoms with E-state index in [1.807, 2.05) is 13.1 Å². The van der Waals surface area contributed by atoms with Gasteiger partial charge in [0, 0.05) is 50.3 Å². The Bertz CT molecular complexity index is 1200. The summed E-state index contributed by atoms with van der Waals surface area (Å²) in [7, 11) is 0. The van der Waals surface area contributed by atoms with Crippen molar-refractivity contribution in [3.8, 4) is 6.07 Å². The van der Waals surface area contributed by atoms with Gasteiger partial charge in [-0.15, -0.1) is 10.2 Å². The lowest BCUT2D eigenvalue weighted by Gasteiger charge is -2.32. The Morgan fingerprint density at radius 1 is 1.10 bits per heavy atom. The summed E-state index contributed by atoms with van der Waals surface area (Å²) >= 11 is 0. The van der Waals surface area contributed by atoms with Crippen LogP contribution in [-0.4, -0.2) is 38.1 Å². The molecule has 8 nitrogen and oxygen atoms in total. The predicted molar refractivity (Wildman–Crippen MR) is 116 cm³/mol. The largest absolute Gasteiger partial charge is 0.350 e. The van der Waals surface area contributed by atoms with Gasteiger partial charge in [0.05, 0.1) is 17.6 Å². The standard InChI is InChI=1S/C23H24N8/c1-15-9-18(12-24)26-27-23(15)29-8-5-20-17(14-29)10-19(13-25-20)30-6-2-7-31-22(30)11-21(28-31)16-3-4-16/h9-11,13,16H,2-8,14H2,1H3. The Hall–Kier alpha value is -3.47. The first-order valence-corrected chi connectivity index (χ1v) is 11.0. The van der Waals surface area contributed by atoms with Crippen LogP contribution in [0.3, 0.4) is 0 Å². The average molecular weight is 413 g/mol. The minimum Gasteiger partial charge on any atom is -0.350 e. The van der Waals surface area contributed by atoms with Gasteiger partial charge in [-0.05, 0) is 49.4 Å². The molecule has 8 heteroatoms. The summed E-state index contributed by atoms with van der Waals surface area (Å²) in [6.07, 6.45) is 6.51. The number of hydrogen-bond acceptors (Lipinski definition) is 7. The van der Waals surface area contributed by atoms with E-state index in [1.54, 1.807) is 6.07 Å². The number of nitrogens with zero attached hydrogens (tertiary/aromatic N) is 8. The zero-order chi connectivity index (χ0) is 20.9. The molecule has 0 aromatic carbocycles. The molecule has 6 rings (SSSR count). The first-order valence-electron chi connectivity index (χ1n) is 11.0. The SMILES string of the molecule is Cc1cc(C#N)nnc1N1CCc2ncc(N3CCCn4nc(C5CC5)cc43)cc2C1. The van der Waals surface area contributed by atoms with E-state index < -0.39 is 0 Å². The summed E-state index contributed by atoms with van der Waals surface area (Å²) in [5.74, 6) is 2.70. The summed E-state index contributed by atoms with van der Waals surface area (Å²) in [5, 5.41) is 22.3. The quantitative estimate of drug-likeness (QED) is 0.653. The molecule has 3 aliphatic rings. The van der Waals surface area contributed by atoms with Crippen molar-refractivity contribution in [2.24, 2.45) is 0 Å². The summed E-state index contributed by atoms with van der Waals surface area (Å²) in [4.78, 5) is 9.42. The van der Waals surface area contributed by atoms with Gasteiger partial charge in [-0.2, -0.15) is 10.4 Å². The molecular weight excluding hydrogens is 388 g/mol. The number of anilines is 3. The van der Waals surface area contributed by atoms with Crippen molar-refractivity contribution < 1.29 is 0 Å². The van der Waals surface area contributed by atoms with Crippen molar-refractivity contribution in [2.75, 3.05) is 22.9 Å². The van der Waals surface area contributed by atoms with Gasteiger partial charge in [0.25, 0.3) is 0 Å². The van der Waals surface area contributed by atoms with E-state index in [0.717, 1.165) is 61.8 Å². The highest BCUT2D eigenvalue weighted by molar-refractivity contribution is 5.63. The minimum absolute atomic E-state index is 0.356. The van der Waals surface area contributed by atoms with Gasteiger partial charge in [0.1, 0.15) is 11.9 Å². The van der Waals surface area contributed by atoms with E-state index >= 15 is 0 Å². The molecule has 1 saturated carbocycles. The van der Waals surface area contributed by atoms with Crippen LogP contribution in [0, 0.1) is 18.3 Å². The van der Waals surface area contributed by atoms with E-state index in [4.69, 9.17) is 15.3 Å². The van der Waals surface area contributed by atoms with E-state index in [-0.39, 0.29) is 0 Å². The van der Waals surface area contributed by atoms with Crippen molar-refractivity contribution in [2.45, 2.75) is 51.6 Å². The van der Waals surface area contributed by atoms with E-state index in [0.29, 0.717) is 11.6 Å². The highest BCUT2D eigenvalue weighted by atomic mass is 15.4. The molecule has 1 aliphatic carbocycles. The lowest BCUT2D eigenvalue weighted by molar-refractivity contribution is 0.537. The molecule has 0 saturated heterocycles. The summed E-state index contributed by atoms with van der Waals surface area (Å²) < 4.78 is 2.17. The van der Waals surface area contributed by atoms with Gasteiger partial charge in [-0.25, -0.2) is 4.68 Å². The predicted octanol–water partition coefficient (Wildman–Crippen LogP) is 3.23. The van der Waals surface area contributed by atoms with Crippen LogP contribution in [-0.2, 0) is 19.5 Å². The van der Waals surface area contributed by atoms with Crippen LogP contribution in [0.2, 0.25) is 0 Å². The van der Waals surface area contributed by atoms with Crippen LogP contribution >= 0.6 is 0 Å². The summed E-state index contributed by atoms with van der Waals surface area (Å²) in [6, 6.07) is 8.42. The number of fused-ring (bicyclic) bond motifs is 2. The topological polar surface area (TPSA) is 86.8 Å². The van der Waals surface area contributed by atoms with Crippen LogP contribution in [0.1, 0.15) is 53.4 Å². The van der Waals surface area contributed by atoms with Crippen LogP contribution < -0.4 is 9.80 Å². The van der Waals surface area contributed by atoms with Crippen LogP contribution in [0.25, 0.3) is 0 Å². The Morgan fingerprint density at radius 2 is 2.00 bits per heavy atom. The van der Waals surface area contributed by atoms with Gasteiger partial charge < -0.3 is 9.80 Å². The maximum Gasteiger partial charge on any atom is 0.163 e. The van der Waals surface area contributed by atoms with Gasteiger partial charge in [0.2, 0.25) is 0 Å². The molecule has 31 heavy (non-hydrogen) atoms. The van der Waals surface area contributed by atoms with E-state index in [2.05, 4.69) is 42.9 Å². The van der Waals surface area contributed by atoms with Crippen LogP contribution in [0.4, 0.5) is 17.3 Å². The zero-order valence-electron chi connectivity index (χ0n) is 17.6. The molecule has 2 aliphatic heterocycles. The Balaban J connectivity index is 1.30. The lowest BCUT2D eigenvalue weighted by atomic mass is 10.0. The second-order valence-electron chi connectivity index (χ2n) is 8.75. The normalized spacial score (nSPS) is 17.8. The van der Waals surface area contributed by atoms with E-state index in [1.165, 1.54) is 29.9 Å². The fourth-order valence-corrected chi connectivity index (χ4v) is 4.73. The first-order chi connectivity index (χ1) is 15.2. The molecule has 0 atom stereocenters. The maximum atomic E-state index is 9.07. The minimum atomic E-state index is 0.356. The van der Waals surface area contributed by atoms with Crippen LogP contribution in [0.15, 0.2) is 24.4 Å². The highest BCUT2D eigenvalue weighted by Crippen LogP contribution is 2.42. The number of aromatic nitrogens is 5. The van der Waals surface area contributed by atoms with Crippen molar-refractivity contribution in [1.82, 2.24) is 25.0 Å². The molecule has 3 aromatic rings. The van der Waals surface area contributed by atoms with Crippen molar-refractivity contribution >= 4 is 17.3 Å². The molecular formula is C23H24N8. The van der Waals surface area contributed by atoms with Gasteiger partial charge >= 0.3 is 0 Å². The number of hydrogen-bond donors (Lipinski definition) is 0. The number of aryl methyl sites for hydroxylation is 2. The number of nitriles is 1. The van der Waals surface area contributed by atoms with Crippen molar-refractivity contribution in [1.29, 1.82) is 5.26 Å². The molecule has 0 bridgehead atoms. The Morgan fingerprint density at radius 3 is 2.81 bits per heavy atom. The highest BCUT2D eigenvalue weighted by Gasteiger charge is 2.30. The zero-order valence-corrected chi connectivity index (χ0v) is 17.6. The van der Waals surface area contributed by atoms with Crippen molar-refractivity contribution in [3.63, 3.8) is 0 Å². The monoisotopic (exact) mass is 412 g/mol. The third-order valence-electron chi connectivity index (χ3n) is 6.51. The van der Waals surface area contributed by atoms with Gasteiger partial charge in [0.15, 0.2) is 11.5 Å². The second kappa shape index (κ2) is 7.05. The maximum absolute atomic E-state index is 9.07. The average Bonchev–Trinajstić information content (AvgIpc) is 3.56. The summed E-state index contributed by atoms with van der Waals surface area (Å²) in [5.41, 5.74) is 6.10. The Labute approximate surface area is 181 Å². The molecule has 0 amide bonds.